The summed E-state index contributed by atoms with van der Waals surface area (Å²) in [5, 5.41) is 12.3. The highest BCUT2D eigenvalue weighted by molar-refractivity contribution is 6.31. The first kappa shape index (κ1) is 18.5. The van der Waals surface area contributed by atoms with Gasteiger partial charge in [0.15, 0.2) is 0 Å². The number of amides is 1. The number of rotatable bonds is 5. The summed E-state index contributed by atoms with van der Waals surface area (Å²) in [6.07, 6.45) is 0. The summed E-state index contributed by atoms with van der Waals surface area (Å²) >= 11 is 5.91. The molecule has 0 aliphatic carbocycles. The van der Waals surface area contributed by atoms with Gasteiger partial charge in [-0.3, -0.25) is 4.79 Å². The van der Waals surface area contributed by atoms with Crippen molar-refractivity contribution >= 4 is 29.2 Å². The average Bonchev–Trinajstić information content (AvgIpc) is 2.65. The molecule has 3 aromatic rings. The Hall–Kier alpha value is -3.31. The molecule has 5 nitrogen and oxygen atoms in total. The number of ether oxygens (including phenoxy) is 1. The van der Waals surface area contributed by atoms with Gasteiger partial charge >= 0.3 is 5.97 Å². The van der Waals surface area contributed by atoms with Crippen molar-refractivity contribution in [3.63, 3.8) is 0 Å². The SMILES string of the molecule is Cc1cc(Cl)cc(C(=O)O)c1NC(=O)c1ccc(Oc2ccccc2)cc1. The predicted molar refractivity (Wildman–Crippen MR) is 104 cm³/mol. The van der Waals surface area contributed by atoms with Crippen LogP contribution in [-0.4, -0.2) is 17.0 Å². The number of nitrogens with one attached hydrogen (secondary N) is 1. The zero-order valence-electron chi connectivity index (χ0n) is 14.4. The fourth-order valence-corrected chi connectivity index (χ4v) is 2.84. The normalized spacial score (nSPS) is 10.3. The minimum atomic E-state index is -1.16. The number of anilines is 1. The second kappa shape index (κ2) is 7.93. The molecule has 0 radical (unpaired) electrons. The van der Waals surface area contributed by atoms with Crippen LogP contribution in [0.25, 0.3) is 0 Å². The number of benzene rings is 3. The first-order chi connectivity index (χ1) is 12.9. The van der Waals surface area contributed by atoms with E-state index in [9.17, 15) is 14.7 Å². The third-order valence-electron chi connectivity index (χ3n) is 3.86. The Balaban J connectivity index is 1.78. The van der Waals surface area contributed by atoms with Gasteiger partial charge in [-0.2, -0.15) is 0 Å². The van der Waals surface area contributed by atoms with E-state index in [2.05, 4.69) is 5.32 Å². The third kappa shape index (κ3) is 4.46. The van der Waals surface area contributed by atoms with Gasteiger partial charge in [-0.05, 0) is 61.0 Å². The first-order valence-electron chi connectivity index (χ1n) is 8.12. The highest BCUT2D eigenvalue weighted by Crippen LogP contribution is 2.27. The number of aromatic carboxylic acids is 1. The molecule has 27 heavy (non-hydrogen) atoms. The van der Waals surface area contributed by atoms with Crippen LogP contribution in [0.5, 0.6) is 11.5 Å². The summed E-state index contributed by atoms with van der Waals surface area (Å²) in [4.78, 5) is 24.0. The van der Waals surface area contributed by atoms with Gasteiger partial charge in [0.2, 0.25) is 0 Å². The van der Waals surface area contributed by atoms with Gasteiger partial charge in [-0.1, -0.05) is 29.8 Å². The molecule has 0 aliphatic rings. The molecular formula is C21H16ClNO4. The topological polar surface area (TPSA) is 75.6 Å². The molecule has 0 aromatic heterocycles. The largest absolute Gasteiger partial charge is 0.478 e. The van der Waals surface area contributed by atoms with Crippen LogP contribution in [0.2, 0.25) is 5.02 Å². The lowest BCUT2D eigenvalue weighted by molar-refractivity contribution is 0.0698. The summed E-state index contributed by atoms with van der Waals surface area (Å²) in [6, 6.07) is 18.8. The maximum Gasteiger partial charge on any atom is 0.337 e. The molecule has 0 bridgehead atoms. The van der Waals surface area contributed by atoms with Crippen LogP contribution in [0, 0.1) is 6.92 Å². The molecular weight excluding hydrogens is 366 g/mol. The second-order valence-corrected chi connectivity index (χ2v) is 6.28. The molecule has 0 atom stereocenters. The smallest absolute Gasteiger partial charge is 0.337 e. The summed E-state index contributed by atoms with van der Waals surface area (Å²) in [7, 11) is 0. The van der Waals surface area contributed by atoms with E-state index in [0.717, 1.165) is 0 Å². The quantitative estimate of drug-likeness (QED) is 0.621. The summed E-state index contributed by atoms with van der Waals surface area (Å²) < 4.78 is 5.69. The van der Waals surface area contributed by atoms with Crippen LogP contribution in [0.3, 0.4) is 0 Å². The number of carboxylic acids is 1. The molecule has 0 saturated carbocycles. The Bertz CT molecular complexity index is 985. The summed E-state index contributed by atoms with van der Waals surface area (Å²) in [6.45, 7) is 1.69. The Morgan fingerprint density at radius 1 is 0.963 bits per heavy atom. The zero-order chi connectivity index (χ0) is 19.4. The third-order valence-corrected chi connectivity index (χ3v) is 4.08. The van der Waals surface area contributed by atoms with Crippen molar-refractivity contribution in [2.75, 3.05) is 5.32 Å². The molecule has 0 fully saturated rings. The number of halogens is 1. The van der Waals surface area contributed by atoms with Gasteiger partial charge in [-0.15, -0.1) is 0 Å². The Labute approximate surface area is 161 Å². The van der Waals surface area contributed by atoms with Crippen molar-refractivity contribution in [2.24, 2.45) is 0 Å². The van der Waals surface area contributed by atoms with Crippen LogP contribution in [0.4, 0.5) is 5.69 Å². The standard InChI is InChI=1S/C21H16ClNO4/c1-13-11-15(22)12-18(21(25)26)19(13)23-20(24)14-7-9-17(10-8-14)27-16-5-3-2-4-6-16/h2-12H,1H3,(H,23,24)(H,25,26). The molecule has 0 spiro atoms. The van der Waals surface area contributed by atoms with Crippen LogP contribution in [-0.2, 0) is 0 Å². The minimum absolute atomic E-state index is 0.0580. The number of aryl methyl sites for hydroxylation is 1. The molecule has 3 rings (SSSR count). The Kier molecular flexibility index (Phi) is 5.43. The molecule has 1 amide bonds. The number of hydrogen-bond donors (Lipinski definition) is 2. The second-order valence-electron chi connectivity index (χ2n) is 5.84. The molecule has 136 valence electrons. The van der Waals surface area contributed by atoms with Crippen LogP contribution < -0.4 is 10.1 Å². The Morgan fingerprint density at radius 2 is 1.59 bits per heavy atom. The number of carboxylic acid groups (broad SMARTS) is 1. The van der Waals surface area contributed by atoms with Crippen LogP contribution >= 0.6 is 11.6 Å². The molecule has 3 aromatic carbocycles. The van der Waals surface area contributed by atoms with E-state index < -0.39 is 11.9 Å². The average molecular weight is 382 g/mol. The van der Waals surface area contributed by atoms with E-state index in [4.69, 9.17) is 16.3 Å². The van der Waals surface area contributed by atoms with Crippen molar-refractivity contribution in [1.82, 2.24) is 0 Å². The number of para-hydroxylation sites is 1. The maximum atomic E-state index is 12.5. The maximum absolute atomic E-state index is 12.5. The number of carbonyl (C=O) groups is 2. The Morgan fingerprint density at radius 3 is 2.22 bits per heavy atom. The van der Waals surface area contributed by atoms with E-state index in [0.29, 0.717) is 27.6 Å². The number of hydrogen-bond acceptors (Lipinski definition) is 3. The summed E-state index contributed by atoms with van der Waals surface area (Å²) in [5.74, 6) is -0.305. The molecule has 0 unspecified atom stereocenters. The highest BCUT2D eigenvalue weighted by Gasteiger charge is 2.17. The highest BCUT2D eigenvalue weighted by atomic mass is 35.5. The van der Waals surface area contributed by atoms with Crippen LogP contribution in [0.15, 0.2) is 66.7 Å². The van der Waals surface area contributed by atoms with Gasteiger partial charge in [0.1, 0.15) is 11.5 Å². The monoisotopic (exact) mass is 381 g/mol. The van der Waals surface area contributed by atoms with Crippen LogP contribution in [0.1, 0.15) is 26.3 Å². The zero-order valence-corrected chi connectivity index (χ0v) is 15.2. The molecule has 6 heteroatoms. The van der Waals surface area contributed by atoms with Crippen molar-refractivity contribution in [3.8, 4) is 11.5 Å². The minimum Gasteiger partial charge on any atom is -0.478 e. The van der Waals surface area contributed by atoms with E-state index >= 15 is 0 Å². The first-order valence-corrected chi connectivity index (χ1v) is 8.49. The fourth-order valence-electron chi connectivity index (χ4n) is 2.56. The molecule has 0 heterocycles. The van der Waals surface area contributed by atoms with Gasteiger partial charge < -0.3 is 15.2 Å². The lowest BCUT2D eigenvalue weighted by atomic mass is 10.1. The van der Waals surface area contributed by atoms with Crippen molar-refractivity contribution in [1.29, 1.82) is 0 Å². The summed E-state index contributed by atoms with van der Waals surface area (Å²) in [5.41, 5.74) is 1.11. The van der Waals surface area contributed by atoms with E-state index in [1.807, 2.05) is 30.3 Å². The lowest BCUT2D eigenvalue weighted by Gasteiger charge is -2.13. The van der Waals surface area contributed by atoms with E-state index in [1.165, 1.54) is 6.07 Å². The van der Waals surface area contributed by atoms with Crippen molar-refractivity contribution in [3.05, 3.63) is 88.4 Å². The van der Waals surface area contributed by atoms with Gasteiger partial charge in [0.25, 0.3) is 5.91 Å². The molecule has 0 aliphatic heterocycles. The molecule has 2 N–H and O–H groups in total. The van der Waals surface area contributed by atoms with Gasteiger partial charge in [0.05, 0.1) is 11.3 Å². The van der Waals surface area contributed by atoms with E-state index in [-0.39, 0.29) is 11.3 Å². The van der Waals surface area contributed by atoms with Crippen molar-refractivity contribution in [2.45, 2.75) is 6.92 Å². The van der Waals surface area contributed by atoms with Gasteiger partial charge in [-0.25, -0.2) is 4.79 Å². The number of carbonyl (C=O) groups excluding carboxylic acids is 1. The fraction of sp³-hybridized carbons (Fsp3) is 0.0476. The van der Waals surface area contributed by atoms with Crippen molar-refractivity contribution < 1.29 is 19.4 Å². The predicted octanol–water partition coefficient (Wildman–Crippen LogP) is 5.39. The molecule has 0 saturated heterocycles. The lowest BCUT2D eigenvalue weighted by Crippen LogP contribution is -2.16. The van der Waals surface area contributed by atoms with Gasteiger partial charge in [0, 0.05) is 10.6 Å². The van der Waals surface area contributed by atoms with E-state index in [1.54, 1.807) is 37.3 Å².